The number of nitrogen functional groups attached to an aromatic ring is 1. The number of nitrogens with two attached hydrogens (primary N) is 1. The third kappa shape index (κ3) is 3.72. The van der Waals surface area contributed by atoms with Crippen molar-refractivity contribution in [2.24, 2.45) is 5.84 Å². The van der Waals surface area contributed by atoms with E-state index in [1.54, 1.807) is 24.9 Å². The van der Waals surface area contributed by atoms with E-state index in [2.05, 4.69) is 5.43 Å². The first-order valence-electron chi connectivity index (χ1n) is 5.96. The molecule has 0 saturated carbocycles. The van der Waals surface area contributed by atoms with Crippen LogP contribution in [0.2, 0.25) is 0 Å². The zero-order valence-corrected chi connectivity index (χ0v) is 11.1. The van der Waals surface area contributed by atoms with Crippen molar-refractivity contribution < 1.29 is 9.90 Å². The number of amides is 1. The van der Waals surface area contributed by atoms with Gasteiger partial charge in [0, 0.05) is 13.6 Å². The Morgan fingerprint density at radius 3 is 2.78 bits per heavy atom. The molecule has 0 spiro atoms. The maximum atomic E-state index is 12.2. The Balaban J connectivity index is 2.83. The molecule has 4 N–H and O–H groups in total. The molecular formula is C13H21N3O2. The second kappa shape index (κ2) is 6.37. The molecule has 0 aliphatic rings. The first-order valence-corrected chi connectivity index (χ1v) is 5.96. The van der Waals surface area contributed by atoms with E-state index in [0.717, 1.165) is 5.56 Å². The average Bonchev–Trinajstić information content (AvgIpc) is 2.34. The van der Waals surface area contributed by atoms with Gasteiger partial charge in [-0.2, -0.15) is 0 Å². The number of nitrogens with one attached hydrogen (secondary N) is 1. The number of rotatable bonds is 5. The van der Waals surface area contributed by atoms with E-state index in [9.17, 15) is 9.90 Å². The fraction of sp³-hybridized carbons (Fsp3) is 0.462. The van der Waals surface area contributed by atoms with Gasteiger partial charge in [-0.05, 0) is 38.0 Å². The summed E-state index contributed by atoms with van der Waals surface area (Å²) in [6, 6.07) is 5.46. The second-order valence-corrected chi connectivity index (χ2v) is 4.56. The van der Waals surface area contributed by atoms with E-state index in [-0.39, 0.29) is 5.91 Å². The second-order valence-electron chi connectivity index (χ2n) is 4.56. The van der Waals surface area contributed by atoms with Gasteiger partial charge in [0.15, 0.2) is 0 Å². The van der Waals surface area contributed by atoms with Crippen molar-refractivity contribution in [1.82, 2.24) is 4.90 Å². The lowest BCUT2D eigenvalue weighted by atomic mass is 10.1. The number of benzene rings is 1. The number of aliphatic hydroxyl groups excluding tert-OH is 1. The van der Waals surface area contributed by atoms with Crippen LogP contribution in [-0.2, 0) is 0 Å². The summed E-state index contributed by atoms with van der Waals surface area (Å²) in [6.45, 7) is 4.15. The Bertz CT molecular complexity index is 419. The molecule has 1 aromatic carbocycles. The molecule has 5 nitrogen and oxygen atoms in total. The molecule has 0 fully saturated rings. The third-order valence-corrected chi connectivity index (χ3v) is 2.79. The van der Waals surface area contributed by atoms with E-state index in [1.807, 2.05) is 19.1 Å². The summed E-state index contributed by atoms with van der Waals surface area (Å²) in [6.07, 6.45) is 0.143. The van der Waals surface area contributed by atoms with Gasteiger partial charge in [-0.3, -0.25) is 10.6 Å². The third-order valence-electron chi connectivity index (χ3n) is 2.79. The molecule has 0 aliphatic carbocycles. The van der Waals surface area contributed by atoms with Crippen LogP contribution in [0, 0.1) is 6.92 Å². The predicted octanol–water partition coefficient (Wildman–Crippen LogP) is 1.12. The lowest BCUT2D eigenvalue weighted by Gasteiger charge is -2.19. The van der Waals surface area contributed by atoms with Gasteiger partial charge in [-0.15, -0.1) is 0 Å². The summed E-state index contributed by atoms with van der Waals surface area (Å²) in [5.41, 5.74) is 4.73. The number of aliphatic hydroxyl groups is 1. The minimum absolute atomic E-state index is 0.108. The zero-order chi connectivity index (χ0) is 13.7. The standard InChI is InChI=1S/C13H21N3O2/c1-9-4-5-11(12(8-9)15-14)13(18)16(3)7-6-10(2)17/h4-5,8,10,15,17H,6-7,14H2,1-3H3. The van der Waals surface area contributed by atoms with Gasteiger partial charge >= 0.3 is 0 Å². The molecule has 18 heavy (non-hydrogen) atoms. The summed E-state index contributed by atoms with van der Waals surface area (Å²) < 4.78 is 0. The maximum absolute atomic E-state index is 12.2. The summed E-state index contributed by atoms with van der Waals surface area (Å²) >= 11 is 0. The Labute approximate surface area is 108 Å². The van der Waals surface area contributed by atoms with Crippen molar-refractivity contribution in [3.63, 3.8) is 0 Å². The van der Waals surface area contributed by atoms with Crippen molar-refractivity contribution >= 4 is 11.6 Å². The lowest BCUT2D eigenvalue weighted by molar-refractivity contribution is 0.0770. The predicted molar refractivity (Wildman–Crippen MR) is 72.2 cm³/mol. The molecule has 0 bridgehead atoms. The SMILES string of the molecule is Cc1ccc(C(=O)N(C)CCC(C)O)c(NN)c1. The van der Waals surface area contributed by atoms with Gasteiger partial charge in [0.05, 0.1) is 17.4 Å². The Kier molecular flexibility index (Phi) is 5.12. The van der Waals surface area contributed by atoms with Gasteiger partial charge < -0.3 is 15.4 Å². The van der Waals surface area contributed by atoms with E-state index in [1.165, 1.54) is 0 Å². The van der Waals surface area contributed by atoms with Crippen LogP contribution in [-0.4, -0.2) is 35.6 Å². The summed E-state index contributed by atoms with van der Waals surface area (Å²) in [5.74, 6) is 5.31. The summed E-state index contributed by atoms with van der Waals surface area (Å²) in [4.78, 5) is 13.8. The molecule has 1 rings (SSSR count). The number of carbonyl (C=O) groups excluding carboxylic acids is 1. The molecule has 0 radical (unpaired) electrons. The maximum Gasteiger partial charge on any atom is 0.255 e. The lowest BCUT2D eigenvalue weighted by Crippen LogP contribution is -2.30. The highest BCUT2D eigenvalue weighted by Gasteiger charge is 2.15. The van der Waals surface area contributed by atoms with E-state index >= 15 is 0 Å². The highest BCUT2D eigenvalue weighted by Crippen LogP contribution is 2.18. The van der Waals surface area contributed by atoms with Crippen LogP contribution in [0.15, 0.2) is 18.2 Å². The van der Waals surface area contributed by atoms with E-state index in [4.69, 9.17) is 5.84 Å². The Morgan fingerprint density at radius 1 is 1.56 bits per heavy atom. The molecule has 5 heteroatoms. The Hall–Kier alpha value is -1.59. The minimum atomic E-state index is -0.412. The van der Waals surface area contributed by atoms with E-state index in [0.29, 0.717) is 24.2 Å². The average molecular weight is 251 g/mol. The van der Waals surface area contributed by atoms with Crippen LogP contribution in [0.4, 0.5) is 5.69 Å². The highest BCUT2D eigenvalue weighted by atomic mass is 16.3. The monoisotopic (exact) mass is 251 g/mol. The molecule has 0 aliphatic heterocycles. The molecule has 0 aromatic heterocycles. The number of carbonyl (C=O) groups is 1. The van der Waals surface area contributed by atoms with Crippen molar-refractivity contribution in [2.75, 3.05) is 19.0 Å². The van der Waals surface area contributed by atoms with E-state index < -0.39 is 6.10 Å². The number of hydrogen-bond acceptors (Lipinski definition) is 4. The first kappa shape index (κ1) is 14.5. The van der Waals surface area contributed by atoms with Crippen molar-refractivity contribution in [3.8, 4) is 0 Å². The van der Waals surface area contributed by atoms with Crippen molar-refractivity contribution in [1.29, 1.82) is 0 Å². The van der Waals surface area contributed by atoms with Crippen LogP contribution in [0.5, 0.6) is 0 Å². The quantitative estimate of drug-likeness (QED) is 0.541. The van der Waals surface area contributed by atoms with Gasteiger partial charge in [0.2, 0.25) is 0 Å². The summed E-state index contributed by atoms with van der Waals surface area (Å²) in [7, 11) is 1.71. The van der Waals surface area contributed by atoms with Crippen LogP contribution < -0.4 is 11.3 Å². The van der Waals surface area contributed by atoms with Gasteiger partial charge in [0.25, 0.3) is 5.91 Å². The number of nitrogens with zero attached hydrogens (tertiary/aromatic N) is 1. The fourth-order valence-electron chi connectivity index (χ4n) is 1.65. The Morgan fingerprint density at radius 2 is 2.22 bits per heavy atom. The zero-order valence-electron chi connectivity index (χ0n) is 11.1. The smallest absolute Gasteiger partial charge is 0.255 e. The highest BCUT2D eigenvalue weighted by molar-refractivity contribution is 5.99. The molecule has 1 atom stereocenters. The largest absolute Gasteiger partial charge is 0.393 e. The topological polar surface area (TPSA) is 78.6 Å². The van der Waals surface area contributed by atoms with Crippen LogP contribution >= 0.6 is 0 Å². The minimum Gasteiger partial charge on any atom is -0.393 e. The van der Waals surface area contributed by atoms with Crippen LogP contribution in [0.3, 0.4) is 0 Å². The van der Waals surface area contributed by atoms with Gasteiger partial charge in [-0.25, -0.2) is 0 Å². The summed E-state index contributed by atoms with van der Waals surface area (Å²) in [5, 5.41) is 9.22. The normalized spacial score (nSPS) is 12.1. The number of hydrazine groups is 1. The van der Waals surface area contributed by atoms with Crippen molar-refractivity contribution in [3.05, 3.63) is 29.3 Å². The number of anilines is 1. The molecular weight excluding hydrogens is 230 g/mol. The first-order chi connectivity index (χ1) is 8.45. The molecule has 1 unspecified atom stereocenters. The molecule has 0 heterocycles. The van der Waals surface area contributed by atoms with Crippen LogP contribution in [0.25, 0.3) is 0 Å². The van der Waals surface area contributed by atoms with Crippen LogP contribution in [0.1, 0.15) is 29.3 Å². The van der Waals surface area contributed by atoms with Gasteiger partial charge in [0.1, 0.15) is 0 Å². The van der Waals surface area contributed by atoms with Gasteiger partial charge in [-0.1, -0.05) is 6.07 Å². The molecule has 100 valence electrons. The number of hydrogen-bond donors (Lipinski definition) is 3. The molecule has 1 aromatic rings. The molecule has 1 amide bonds. The number of aryl methyl sites for hydroxylation is 1. The molecule has 0 saturated heterocycles. The van der Waals surface area contributed by atoms with Crippen molar-refractivity contribution in [2.45, 2.75) is 26.4 Å². The fourth-order valence-corrected chi connectivity index (χ4v) is 1.65.